The number of nitrogens with two attached hydrogens (primary N) is 1. The second kappa shape index (κ2) is 9.59. The molecule has 2 N–H and O–H groups in total. The Morgan fingerprint density at radius 3 is 2.00 bits per heavy atom. The fraction of sp³-hybridized carbons (Fsp3) is 0.259. The minimum Gasteiger partial charge on any atom is -0.383 e. The van der Waals surface area contributed by atoms with Crippen molar-refractivity contribution in [2.45, 2.75) is 49.8 Å². The Labute approximate surface area is 204 Å². The molecule has 1 atom stereocenters. The molecule has 0 saturated heterocycles. The number of hydrogen-bond donors (Lipinski definition) is 1. The van der Waals surface area contributed by atoms with E-state index in [1.807, 2.05) is 57.2 Å². The van der Waals surface area contributed by atoms with Gasteiger partial charge in [0.2, 0.25) is 5.91 Å². The van der Waals surface area contributed by atoms with Gasteiger partial charge in [-0.15, -0.1) is 0 Å². The zero-order chi connectivity index (χ0) is 24.4. The van der Waals surface area contributed by atoms with Crippen molar-refractivity contribution < 1.29 is 4.79 Å². The first kappa shape index (κ1) is 23.4. The number of carbonyl (C=O) groups is 1. The monoisotopic (exact) mass is 467 g/mol. The summed E-state index contributed by atoms with van der Waals surface area (Å²) in [4.78, 5) is 20.1. The van der Waals surface area contributed by atoms with Crippen LogP contribution in [0.2, 0.25) is 0 Å². The minimum absolute atomic E-state index is 0.0813. The number of anilines is 3. The van der Waals surface area contributed by atoms with Gasteiger partial charge in [0.15, 0.2) is 0 Å². The number of thioether (sulfide) groups is 1. The molecule has 0 bridgehead atoms. The SMILES string of the molecule is CC(Sc1nc(N)c(C#N)c(C(C)C)c1C#N)C(=O)N1c2ccccc2CCc2ccccc21. The van der Waals surface area contributed by atoms with Crippen LogP contribution in [0, 0.1) is 22.7 Å². The molecule has 1 aromatic heterocycles. The average Bonchev–Trinajstić information content (AvgIpc) is 3.00. The molecular formula is C27H25N5OS. The normalized spacial score (nSPS) is 13.3. The van der Waals surface area contributed by atoms with E-state index in [2.05, 4.69) is 29.3 Å². The predicted molar refractivity (Wildman–Crippen MR) is 135 cm³/mol. The molecule has 7 heteroatoms. The van der Waals surface area contributed by atoms with Crippen molar-refractivity contribution in [3.8, 4) is 12.1 Å². The van der Waals surface area contributed by atoms with Crippen molar-refractivity contribution in [1.29, 1.82) is 10.5 Å². The smallest absolute Gasteiger partial charge is 0.244 e. The minimum atomic E-state index is -0.550. The third-order valence-corrected chi connectivity index (χ3v) is 7.09. The number of para-hydroxylation sites is 2. The van der Waals surface area contributed by atoms with Gasteiger partial charge in [-0.2, -0.15) is 10.5 Å². The molecule has 2 aromatic carbocycles. The quantitative estimate of drug-likeness (QED) is 0.510. The molecule has 34 heavy (non-hydrogen) atoms. The van der Waals surface area contributed by atoms with E-state index in [0.717, 1.165) is 35.3 Å². The number of nitrogens with zero attached hydrogens (tertiary/aromatic N) is 4. The number of hydrogen-bond acceptors (Lipinski definition) is 6. The van der Waals surface area contributed by atoms with Crippen LogP contribution >= 0.6 is 11.8 Å². The maximum atomic E-state index is 13.9. The maximum Gasteiger partial charge on any atom is 0.244 e. The number of pyridine rings is 1. The fourth-order valence-electron chi connectivity index (χ4n) is 4.40. The molecule has 0 radical (unpaired) electrons. The zero-order valence-electron chi connectivity index (χ0n) is 19.4. The van der Waals surface area contributed by atoms with Gasteiger partial charge in [0.25, 0.3) is 0 Å². The maximum absolute atomic E-state index is 13.9. The van der Waals surface area contributed by atoms with Crippen molar-refractivity contribution in [1.82, 2.24) is 4.98 Å². The number of rotatable bonds is 4. The van der Waals surface area contributed by atoms with Gasteiger partial charge in [0.1, 0.15) is 23.0 Å². The Bertz CT molecular complexity index is 1300. The lowest BCUT2D eigenvalue weighted by molar-refractivity contribution is -0.117. The van der Waals surface area contributed by atoms with Crippen molar-refractivity contribution >= 4 is 34.9 Å². The lowest BCUT2D eigenvalue weighted by atomic mass is 9.94. The molecule has 0 aliphatic carbocycles. The number of nitrogen functional groups attached to an aromatic ring is 1. The summed E-state index contributed by atoms with van der Waals surface area (Å²) in [7, 11) is 0. The summed E-state index contributed by atoms with van der Waals surface area (Å²) in [5, 5.41) is 19.3. The van der Waals surface area contributed by atoms with Crippen LogP contribution < -0.4 is 10.6 Å². The summed E-state index contributed by atoms with van der Waals surface area (Å²) < 4.78 is 0. The van der Waals surface area contributed by atoms with E-state index in [1.165, 1.54) is 11.8 Å². The third kappa shape index (κ3) is 4.11. The zero-order valence-corrected chi connectivity index (χ0v) is 20.2. The van der Waals surface area contributed by atoms with Crippen molar-refractivity contribution in [3.05, 3.63) is 76.3 Å². The molecule has 1 aliphatic heterocycles. The van der Waals surface area contributed by atoms with Crippen LogP contribution in [0.1, 0.15) is 54.5 Å². The van der Waals surface area contributed by atoms with Crippen LogP contribution in [0.3, 0.4) is 0 Å². The molecule has 3 aromatic rings. The van der Waals surface area contributed by atoms with Gasteiger partial charge in [-0.3, -0.25) is 9.69 Å². The standard InChI is InChI=1S/C27H25N5OS/c1-16(2)24-20(14-28)25(30)31-26(21(24)15-29)34-17(3)27(33)32-22-10-6-4-8-18(22)12-13-19-9-5-7-11-23(19)32/h4-11,16-17H,12-13H2,1-3H3,(H2,30,31). The summed E-state index contributed by atoms with van der Waals surface area (Å²) in [5.74, 6) is -0.117. The number of benzene rings is 2. The Morgan fingerprint density at radius 2 is 1.50 bits per heavy atom. The van der Waals surface area contributed by atoms with Crippen molar-refractivity contribution in [2.24, 2.45) is 0 Å². The molecule has 6 nitrogen and oxygen atoms in total. The van der Waals surface area contributed by atoms with Crippen LogP contribution in [-0.4, -0.2) is 16.1 Å². The average molecular weight is 468 g/mol. The van der Waals surface area contributed by atoms with Gasteiger partial charge in [-0.05, 0) is 54.5 Å². The van der Waals surface area contributed by atoms with Gasteiger partial charge in [-0.25, -0.2) is 4.98 Å². The summed E-state index contributed by atoms with van der Waals surface area (Å²) in [6.45, 7) is 5.63. The van der Waals surface area contributed by atoms with Crippen LogP contribution in [0.4, 0.5) is 17.2 Å². The molecule has 1 unspecified atom stereocenters. The lowest BCUT2D eigenvalue weighted by Gasteiger charge is -2.27. The highest BCUT2D eigenvalue weighted by molar-refractivity contribution is 8.00. The molecule has 0 fully saturated rings. The van der Waals surface area contributed by atoms with Gasteiger partial charge >= 0.3 is 0 Å². The first-order valence-electron chi connectivity index (χ1n) is 11.2. The Hall–Kier alpha value is -3.81. The van der Waals surface area contributed by atoms with E-state index < -0.39 is 5.25 Å². The van der Waals surface area contributed by atoms with Crippen molar-refractivity contribution in [3.63, 3.8) is 0 Å². The number of carbonyl (C=O) groups excluding carboxylic acids is 1. The molecule has 1 aliphatic rings. The van der Waals surface area contributed by atoms with Gasteiger partial charge in [0, 0.05) is 0 Å². The van der Waals surface area contributed by atoms with Gasteiger partial charge in [0.05, 0.1) is 27.8 Å². The van der Waals surface area contributed by atoms with E-state index in [9.17, 15) is 15.3 Å². The highest BCUT2D eigenvalue weighted by atomic mass is 32.2. The molecule has 0 spiro atoms. The van der Waals surface area contributed by atoms with Crippen molar-refractivity contribution in [2.75, 3.05) is 10.6 Å². The fourth-order valence-corrected chi connectivity index (χ4v) is 5.37. The summed E-state index contributed by atoms with van der Waals surface area (Å²) in [6, 6.07) is 20.2. The second-order valence-corrected chi connectivity index (χ2v) is 9.86. The van der Waals surface area contributed by atoms with Gasteiger partial charge in [-0.1, -0.05) is 62.0 Å². The number of fused-ring (bicyclic) bond motifs is 2. The topological polar surface area (TPSA) is 107 Å². The van der Waals surface area contributed by atoms with E-state index >= 15 is 0 Å². The van der Waals surface area contributed by atoms with Crippen LogP contribution in [-0.2, 0) is 17.6 Å². The largest absolute Gasteiger partial charge is 0.383 e. The lowest BCUT2D eigenvalue weighted by Crippen LogP contribution is -2.33. The molecule has 170 valence electrons. The number of nitriles is 2. The molecule has 0 saturated carbocycles. The first-order valence-corrected chi connectivity index (χ1v) is 12.0. The van der Waals surface area contributed by atoms with Crippen LogP contribution in [0.15, 0.2) is 53.6 Å². The molecule has 4 rings (SSSR count). The Balaban J connectivity index is 1.77. The highest BCUT2D eigenvalue weighted by Crippen LogP contribution is 2.39. The Morgan fingerprint density at radius 1 is 0.971 bits per heavy atom. The van der Waals surface area contributed by atoms with E-state index in [4.69, 9.17) is 5.73 Å². The van der Waals surface area contributed by atoms with Crippen LogP contribution in [0.25, 0.3) is 0 Å². The van der Waals surface area contributed by atoms with Crippen LogP contribution in [0.5, 0.6) is 0 Å². The first-order chi connectivity index (χ1) is 16.4. The third-order valence-electron chi connectivity index (χ3n) is 6.02. The molecule has 2 heterocycles. The summed E-state index contributed by atoms with van der Waals surface area (Å²) in [6.07, 6.45) is 1.70. The summed E-state index contributed by atoms with van der Waals surface area (Å²) >= 11 is 1.20. The number of aromatic nitrogens is 1. The molecular weight excluding hydrogens is 442 g/mol. The number of amides is 1. The summed E-state index contributed by atoms with van der Waals surface area (Å²) in [5.41, 5.74) is 11.2. The Kier molecular flexibility index (Phi) is 6.58. The second-order valence-electron chi connectivity index (χ2n) is 8.54. The van der Waals surface area contributed by atoms with E-state index in [1.54, 1.807) is 4.90 Å². The van der Waals surface area contributed by atoms with Gasteiger partial charge < -0.3 is 5.73 Å². The van der Waals surface area contributed by atoms with E-state index in [-0.39, 0.29) is 23.2 Å². The van der Waals surface area contributed by atoms with E-state index in [0.29, 0.717) is 16.2 Å². The number of aryl methyl sites for hydroxylation is 2. The predicted octanol–water partition coefficient (Wildman–Crippen LogP) is 5.47. The molecule has 1 amide bonds. The highest BCUT2D eigenvalue weighted by Gasteiger charge is 2.31.